The lowest BCUT2D eigenvalue weighted by Gasteiger charge is -2.26. The number of ether oxygens (including phenoxy) is 1. The normalized spacial score (nSPS) is 16.3. The molecule has 0 saturated carbocycles. The minimum absolute atomic E-state index is 0.304. The number of allylic oxidation sites excluding steroid dienone is 3. The molecule has 2 aromatic heterocycles. The van der Waals surface area contributed by atoms with Crippen LogP contribution >= 0.6 is 0 Å². The molecule has 8 nitrogen and oxygen atoms in total. The molecule has 1 aliphatic rings. The van der Waals surface area contributed by atoms with Gasteiger partial charge in [0.25, 0.3) is 0 Å². The molecule has 10 heteroatoms. The highest BCUT2D eigenvalue weighted by molar-refractivity contribution is 5.94. The molecule has 0 unspecified atom stereocenters. The summed E-state index contributed by atoms with van der Waals surface area (Å²) in [5.41, 5.74) is 1.65. The monoisotopic (exact) mass is 480 g/mol. The van der Waals surface area contributed by atoms with Gasteiger partial charge in [0.15, 0.2) is 5.65 Å². The Balaban J connectivity index is 1.56. The highest BCUT2D eigenvalue weighted by atomic mass is 19.1. The van der Waals surface area contributed by atoms with Crippen LogP contribution in [0.3, 0.4) is 0 Å². The van der Waals surface area contributed by atoms with Crippen molar-refractivity contribution in [3.05, 3.63) is 90.4 Å². The molecule has 0 radical (unpaired) electrons. The number of aromatic nitrogens is 3. The van der Waals surface area contributed by atoms with E-state index in [0.29, 0.717) is 48.0 Å². The molecule has 0 bridgehead atoms. The number of rotatable bonds is 8. The Morgan fingerprint density at radius 3 is 3.00 bits per heavy atom. The third kappa shape index (κ3) is 5.55. The summed E-state index contributed by atoms with van der Waals surface area (Å²) >= 11 is 0. The fourth-order valence-electron chi connectivity index (χ4n) is 4.06. The summed E-state index contributed by atoms with van der Waals surface area (Å²) < 4.78 is 34.8. The summed E-state index contributed by atoms with van der Waals surface area (Å²) in [7, 11) is 1.58. The zero-order chi connectivity index (χ0) is 24.8. The van der Waals surface area contributed by atoms with Crippen LogP contribution in [0.4, 0.5) is 25.1 Å². The molecule has 1 aromatic carbocycles. The maximum atomic E-state index is 14.5. The number of nitrogens with one attached hydrogen (secondary N) is 2. The number of anilines is 2. The maximum absolute atomic E-state index is 14.5. The van der Waals surface area contributed by atoms with E-state index in [-0.39, 0.29) is 6.04 Å². The Hall–Kier alpha value is -4.05. The lowest BCUT2D eigenvalue weighted by molar-refractivity contribution is 0.233. The maximum Gasteiger partial charge on any atom is 0.323 e. The zero-order valence-electron chi connectivity index (χ0n) is 19.2. The van der Waals surface area contributed by atoms with Crippen LogP contribution in [-0.4, -0.2) is 40.9 Å². The summed E-state index contributed by atoms with van der Waals surface area (Å²) in [6.45, 7) is 4.69. The first-order chi connectivity index (χ1) is 17.0. The molecule has 35 heavy (non-hydrogen) atoms. The molecule has 1 atom stereocenters. The Labute approximate surface area is 201 Å². The third-order valence-electron chi connectivity index (χ3n) is 5.58. The molecule has 4 rings (SSSR count). The van der Waals surface area contributed by atoms with Gasteiger partial charge in [-0.15, -0.1) is 0 Å². The smallest absolute Gasteiger partial charge is 0.323 e. The number of hydrogen-bond acceptors (Lipinski definition) is 5. The van der Waals surface area contributed by atoms with Crippen LogP contribution < -0.4 is 15.5 Å². The van der Waals surface area contributed by atoms with Crippen LogP contribution in [0.2, 0.25) is 0 Å². The molecule has 0 spiro atoms. The van der Waals surface area contributed by atoms with E-state index >= 15 is 0 Å². The van der Waals surface area contributed by atoms with Crippen molar-refractivity contribution in [2.75, 3.05) is 30.5 Å². The van der Waals surface area contributed by atoms with Gasteiger partial charge in [-0.1, -0.05) is 18.7 Å². The lowest BCUT2D eigenvalue weighted by atomic mass is 10.0. The zero-order valence-corrected chi connectivity index (χ0v) is 19.2. The number of carbonyl (C=O) groups excluding carboxylic acids is 1. The van der Waals surface area contributed by atoms with E-state index < -0.39 is 17.7 Å². The molecule has 2 N–H and O–H groups in total. The number of halogens is 2. The van der Waals surface area contributed by atoms with E-state index in [2.05, 4.69) is 27.3 Å². The summed E-state index contributed by atoms with van der Waals surface area (Å²) in [6.07, 6.45) is 11.4. The average molecular weight is 481 g/mol. The second kappa shape index (κ2) is 10.9. The van der Waals surface area contributed by atoms with Gasteiger partial charge in [-0.2, -0.15) is 5.10 Å². The number of nitrogens with zero attached hydrogens (tertiary/aromatic N) is 4. The van der Waals surface area contributed by atoms with Crippen molar-refractivity contribution in [3.63, 3.8) is 0 Å². The highest BCUT2D eigenvalue weighted by Crippen LogP contribution is 2.37. The molecule has 182 valence electrons. The SMILES string of the molecule is C=C/C=C(\C=C/COC)NC(=O)Nc1cnn2ccc(N3CCC[C@@H]3c3cc(F)ccc3F)nc12. The fourth-order valence-corrected chi connectivity index (χ4v) is 4.06. The van der Waals surface area contributed by atoms with Crippen molar-refractivity contribution >= 4 is 23.2 Å². The van der Waals surface area contributed by atoms with Crippen LogP contribution in [0.5, 0.6) is 0 Å². The van der Waals surface area contributed by atoms with E-state index in [1.54, 1.807) is 43.7 Å². The molecule has 1 saturated heterocycles. The minimum Gasteiger partial charge on any atom is -0.381 e. The van der Waals surface area contributed by atoms with Gasteiger partial charge in [-0.25, -0.2) is 23.1 Å². The Morgan fingerprint density at radius 2 is 2.20 bits per heavy atom. The predicted molar refractivity (Wildman–Crippen MR) is 130 cm³/mol. The standard InChI is InChI=1S/C25H26F2N6O2/c1-3-6-18(7-5-14-35-2)29-25(34)30-21-16-28-33-13-11-23(31-24(21)33)32-12-4-8-22(32)19-15-17(26)9-10-20(19)27/h3,5-7,9-11,13,15-16,22H,1,4,8,12,14H2,2H3,(H2,29,30,34)/b7-5-,18-6+/t22-/m1/s1. The van der Waals surface area contributed by atoms with Gasteiger partial charge >= 0.3 is 6.03 Å². The lowest BCUT2D eigenvalue weighted by Crippen LogP contribution is -2.27. The number of amides is 2. The van der Waals surface area contributed by atoms with Gasteiger partial charge in [-0.3, -0.25) is 0 Å². The number of methoxy groups -OCH3 is 1. The molecule has 1 aliphatic heterocycles. The highest BCUT2D eigenvalue weighted by Gasteiger charge is 2.30. The molecule has 3 aromatic rings. The van der Waals surface area contributed by atoms with Crippen molar-refractivity contribution in [1.29, 1.82) is 0 Å². The van der Waals surface area contributed by atoms with E-state index in [1.807, 2.05) is 4.90 Å². The first-order valence-electron chi connectivity index (χ1n) is 11.1. The Kier molecular flexibility index (Phi) is 7.51. The van der Waals surface area contributed by atoms with Gasteiger partial charge in [-0.05, 0) is 49.3 Å². The first kappa shape index (κ1) is 24.1. The van der Waals surface area contributed by atoms with Crippen LogP contribution in [0.25, 0.3) is 5.65 Å². The summed E-state index contributed by atoms with van der Waals surface area (Å²) in [4.78, 5) is 19.2. The molecular weight excluding hydrogens is 454 g/mol. The second-order valence-electron chi connectivity index (χ2n) is 7.92. The summed E-state index contributed by atoms with van der Waals surface area (Å²) in [6, 6.07) is 4.44. The Morgan fingerprint density at radius 1 is 1.34 bits per heavy atom. The van der Waals surface area contributed by atoms with Gasteiger partial charge in [0.2, 0.25) is 0 Å². The minimum atomic E-state index is -0.483. The number of hydrogen-bond donors (Lipinski definition) is 2. The van der Waals surface area contributed by atoms with Gasteiger partial charge in [0, 0.05) is 31.1 Å². The number of carbonyl (C=O) groups is 1. The third-order valence-corrected chi connectivity index (χ3v) is 5.58. The number of benzene rings is 1. The van der Waals surface area contributed by atoms with Crippen molar-refractivity contribution in [2.45, 2.75) is 18.9 Å². The van der Waals surface area contributed by atoms with Gasteiger partial charge < -0.3 is 20.3 Å². The van der Waals surface area contributed by atoms with Crippen LogP contribution in [0.1, 0.15) is 24.4 Å². The van der Waals surface area contributed by atoms with Gasteiger partial charge in [0.05, 0.1) is 18.8 Å². The topological polar surface area (TPSA) is 83.8 Å². The molecule has 0 aliphatic carbocycles. The van der Waals surface area contributed by atoms with Gasteiger partial charge in [0.1, 0.15) is 23.1 Å². The Bertz CT molecular complexity index is 1290. The fraction of sp³-hybridized carbons (Fsp3) is 0.240. The quantitative estimate of drug-likeness (QED) is 0.455. The van der Waals surface area contributed by atoms with E-state index in [4.69, 9.17) is 4.74 Å². The first-order valence-corrected chi connectivity index (χ1v) is 11.1. The van der Waals surface area contributed by atoms with Crippen LogP contribution in [-0.2, 0) is 4.74 Å². The largest absolute Gasteiger partial charge is 0.381 e. The molecule has 3 heterocycles. The summed E-state index contributed by atoms with van der Waals surface area (Å²) in [5, 5.41) is 9.73. The average Bonchev–Trinajstić information content (AvgIpc) is 3.48. The molecule has 1 fully saturated rings. The second-order valence-corrected chi connectivity index (χ2v) is 7.92. The molecule has 2 amide bonds. The van der Waals surface area contributed by atoms with Crippen molar-refractivity contribution in [2.24, 2.45) is 0 Å². The number of fused-ring (bicyclic) bond motifs is 1. The van der Waals surface area contributed by atoms with Crippen LogP contribution in [0, 0.1) is 11.6 Å². The van der Waals surface area contributed by atoms with Crippen molar-refractivity contribution in [1.82, 2.24) is 19.9 Å². The van der Waals surface area contributed by atoms with E-state index in [0.717, 1.165) is 18.6 Å². The molecular formula is C25H26F2N6O2. The van der Waals surface area contributed by atoms with Crippen molar-refractivity contribution < 1.29 is 18.3 Å². The van der Waals surface area contributed by atoms with E-state index in [9.17, 15) is 13.6 Å². The van der Waals surface area contributed by atoms with Crippen molar-refractivity contribution in [3.8, 4) is 0 Å². The summed E-state index contributed by atoms with van der Waals surface area (Å²) in [5.74, 6) is -0.343. The van der Waals surface area contributed by atoms with Crippen LogP contribution in [0.15, 0.2) is 73.2 Å². The number of urea groups is 1. The predicted octanol–water partition coefficient (Wildman–Crippen LogP) is 4.74. The van der Waals surface area contributed by atoms with E-state index in [1.165, 1.54) is 16.8 Å².